The summed E-state index contributed by atoms with van der Waals surface area (Å²) < 4.78 is 6.20. The van der Waals surface area contributed by atoms with Crippen LogP contribution in [0.15, 0.2) is 48.5 Å². The minimum atomic E-state index is 0.383. The summed E-state index contributed by atoms with van der Waals surface area (Å²) in [4.78, 5) is 2.56. The average molecular weight is 367 g/mol. The maximum atomic E-state index is 6.20. The fourth-order valence-corrected chi connectivity index (χ4v) is 3.69. The van der Waals surface area contributed by atoms with Gasteiger partial charge in [-0.25, -0.2) is 0 Å². The highest BCUT2D eigenvalue weighted by Gasteiger charge is 2.21. The zero-order chi connectivity index (χ0) is 19.1. The zero-order valence-corrected chi connectivity index (χ0v) is 17.1. The number of hydrogen-bond acceptors (Lipinski definition) is 3. The smallest absolute Gasteiger partial charge is 0.142 e. The van der Waals surface area contributed by atoms with Crippen LogP contribution in [0.4, 0.5) is 5.69 Å². The third-order valence-corrected chi connectivity index (χ3v) is 5.16. The summed E-state index contributed by atoms with van der Waals surface area (Å²) in [6, 6.07) is 17.3. The normalized spacial score (nSPS) is 15.9. The SMILES string of the molecule is CCC(Nc1ccc(Cc2ccccc2)cc1OCC(C)C)N1CCCC1. The van der Waals surface area contributed by atoms with E-state index in [1.807, 2.05) is 0 Å². The van der Waals surface area contributed by atoms with E-state index in [0.717, 1.165) is 30.9 Å². The second kappa shape index (κ2) is 9.80. The van der Waals surface area contributed by atoms with Crippen LogP contribution in [0.25, 0.3) is 0 Å². The molecule has 146 valence electrons. The molecule has 1 saturated heterocycles. The molecule has 0 aromatic heterocycles. The Morgan fingerprint density at radius 2 is 1.74 bits per heavy atom. The zero-order valence-electron chi connectivity index (χ0n) is 17.1. The molecular formula is C24H34N2O. The molecule has 0 aliphatic carbocycles. The van der Waals surface area contributed by atoms with E-state index in [4.69, 9.17) is 4.74 Å². The summed E-state index contributed by atoms with van der Waals surface area (Å²) in [6.45, 7) is 9.78. The van der Waals surface area contributed by atoms with Crippen molar-refractivity contribution in [3.8, 4) is 5.75 Å². The Hall–Kier alpha value is -2.00. The van der Waals surface area contributed by atoms with Crippen molar-refractivity contribution in [2.75, 3.05) is 25.0 Å². The second-order valence-electron chi connectivity index (χ2n) is 8.01. The number of rotatable bonds is 9. The number of ether oxygens (including phenoxy) is 1. The van der Waals surface area contributed by atoms with Gasteiger partial charge >= 0.3 is 0 Å². The molecule has 1 fully saturated rings. The van der Waals surface area contributed by atoms with E-state index in [1.54, 1.807) is 0 Å². The minimum Gasteiger partial charge on any atom is -0.491 e. The van der Waals surface area contributed by atoms with Gasteiger partial charge in [0.05, 0.1) is 18.5 Å². The molecule has 3 heteroatoms. The third-order valence-electron chi connectivity index (χ3n) is 5.16. The van der Waals surface area contributed by atoms with Crippen LogP contribution in [0.2, 0.25) is 0 Å². The van der Waals surface area contributed by atoms with Crippen LogP contribution in [0.3, 0.4) is 0 Å². The van der Waals surface area contributed by atoms with E-state index in [2.05, 4.69) is 79.5 Å². The van der Waals surface area contributed by atoms with Crippen molar-refractivity contribution in [3.63, 3.8) is 0 Å². The predicted molar refractivity (Wildman–Crippen MR) is 115 cm³/mol. The van der Waals surface area contributed by atoms with E-state index in [-0.39, 0.29) is 0 Å². The van der Waals surface area contributed by atoms with Gasteiger partial charge in [0.1, 0.15) is 5.75 Å². The second-order valence-corrected chi connectivity index (χ2v) is 8.01. The van der Waals surface area contributed by atoms with Gasteiger partial charge in [-0.1, -0.05) is 57.2 Å². The Morgan fingerprint density at radius 1 is 1.00 bits per heavy atom. The van der Waals surface area contributed by atoms with Gasteiger partial charge in [-0.05, 0) is 54.9 Å². The molecular weight excluding hydrogens is 332 g/mol. The van der Waals surface area contributed by atoms with E-state index in [0.29, 0.717) is 12.1 Å². The van der Waals surface area contributed by atoms with Crippen molar-refractivity contribution in [1.29, 1.82) is 0 Å². The van der Waals surface area contributed by atoms with Crippen molar-refractivity contribution in [2.24, 2.45) is 5.92 Å². The number of benzene rings is 2. The lowest BCUT2D eigenvalue weighted by Gasteiger charge is -2.29. The van der Waals surface area contributed by atoms with Gasteiger partial charge in [0.2, 0.25) is 0 Å². The van der Waals surface area contributed by atoms with Crippen molar-refractivity contribution >= 4 is 5.69 Å². The molecule has 0 bridgehead atoms. The van der Waals surface area contributed by atoms with Crippen LogP contribution in [0.1, 0.15) is 51.2 Å². The minimum absolute atomic E-state index is 0.383. The first kappa shape index (κ1) is 19.8. The molecule has 1 aliphatic heterocycles. The van der Waals surface area contributed by atoms with Crippen molar-refractivity contribution < 1.29 is 4.74 Å². The molecule has 1 heterocycles. The molecule has 3 rings (SSSR count). The quantitative estimate of drug-likeness (QED) is 0.629. The molecule has 1 N–H and O–H groups in total. The number of nitrogens with one attached hydrogen (secondary N) is 1. The van der Waals surface area contributed by atoms with E-state index >= 15 is 0 Å². The predicted octanol–water partition coefficient (Wildman–Crippen LogP) is 5.56. The molecule has 0 amide bonds. The Balaban J connectivity index is 1.78. The van der Waals surface area contributed by atoms with Gasteiger partial charge in [0.25, 0.3) is 0 Å². The Labute approximate surface area is 164 Å². The van der Waals surface area contributed by atoms with E-state index in [1.165, 1.54) is 37.1 Å². The van der Waals surface area contributed by atoms with E-state index < -0.39 is 0 Å². The van der Waals surface area contributed by atoms with Crippen molar-refractivity contribution in [1.82, 2.24) is 4.90 Å². The summed E-state index contributed by atoms with van der Waals surface area (Å²) in [5.74, 6) is 1.49. The number of nitrogens with zero attached hydrogens (tertiary/aromatic N) is 1. The summed E-state index contributed by atoms with van der Waals surface area (Å²) >= 11 is 0. The maximum Gasteiger partial charge on any atom is 0.142 e. The highest BCUT2D eigenvalue weighted by Crippen LogP contribution is 2.29. The van der Waals surface area contributed by atoms with Crippen LogP contribution in [-0.2, 0) is 6.42 Å². The number of likely N-dealkylation sites (tertiary alicyclic amines) is 1. The largest absolute Gasteiger partial charge is 0.491 e. The molecule has 1 unspecified atom stereocenters. The van der Waals surface area contributed by atoms with Gasteiger partial charge in [-0.2, -0.15) is 0 Å². The first-order valence-electron chi connectivity index (χ1n) is 10.5. The van der Waals surface area contributed by atoms with Crippen molar-refractivity contribution in [2.45, 2.75) is 52.6 Å². The fourth-order valence-electron chi connectivity index (χ4n) is 3.69. The maximum absolute atomic E-state index is 6.20. The molecule has 0 saturated carbocycles. The Morgan fingerprint density at radius 3 is 2.41 bits per heavy atom. The van der Waals surface area contributed by atoms with Crippen LogP contribution < -0.4 is 10.1 Å². The summed E-state index contributed by atoms with van der Waals surface area (Å²) in [5, 5.41) is 3.75. The molecule has 3 nitrogen and oxygen atoms in total. The van der Waals surface area contributed by atoms with E-state index in [9.17, 15) is 0 Å². The molecule has 27 heavy (non-hydrogen) atoms. The third kappa shape index (κ3) is 5.74. The Bertz CT molecular complexity index is 693. The summed E-state index contributed by atoms with van der Waals surface area (Å²) in [7, 11) is 0. The van der Waals surface area contributed by atoms with Gasteiger partial charge in [-0.15, -0.1) is 0 Å². The van der Waals surface area contributed by atoms with Crippen LogP contribution >= 0.6 is 0 Å². The fraction of sp³-hybridized carbons (Fsp3) is 0.500. The molecule has 1 aliphatic rings. The van der Waals surface area contributed by atoms with Crippen LogP contribution in [0.5, 0.6) is 5.75 Å². The standard InChI is InChI=1S/C24H34N2O/c1-4-24(26-14-8-9-15-26)25-22-13-12-21(16-20-10-6-5-7-11-20)17-23(22)27-18-19(2)3/h5-7,10-13,17,19,24-25H,4,8-9,14-16,18H2,1-3H3. The topological polar surface area (TPSA) is 24.5 Å². The monoisotopic (exact) mass is 366 g/mol. The molecule has 1 atom stereocenters. The lowest BCUT2D eigenvalue weighted by atomic mass is 10.0. The average Bonchev–Trinajstić information content (AvgIpc) is 3.21. The van der Waals surface area contributed by atoms with Crippen LogP contribution in [-0.4, -0.2) is 30.8 Å². The number of hydrogen-bond donors (Lipinski definition) is 1. The van der Waals surface area contributed by atoms with Gasteiger partial charge in [-0.3, -0.25) is 4.90 Å². The van der Waals surface area contributed by atoms with Crippen molar-refractivity contribution in [3.05, 3.63) is 59.7 Å². The lowest BCUT2D eigenvalue weighted by Crippen LogP contribution is -2.38. The first-order chi connectivity index (χ1) is 13.2. The molecule has 2 aromatic rings. The van der Waals surface area contributed by atoms with Gasteiger partial charge in [0, 0.05) is 13.1 Å². The molecule has 0 spiro atoms. The summed E-state index contributed by atoms with van der Waals surface area (Å²) in [5.41, 5.74) is 3.74. The van der Waals surface area contributed by atoms with Gasteiger partial charge in [0.15, 0.2) is 0 Å². The van der Waals surface area contributed by atoms with Gasteiger partial charge < -0.3 is 10.1 Å². The molecule has 2 aromatic carbocycles. The number of anilines is 1. The highest BCUT2D eigenvalue weighted by atomic mass is 16.5. The summed E-state index contributed by atoms with van der Waals surface area (Å²) in [6.07, 6.45) is 5.03. The highest BCUT2D eigenvalue weighted by molar-refractivity contribution is 5.58. The first-order valence-corrected chi connectivity index (χ1v) is 10.5. The lowest BCUT2D eigenvalue weighted by molar-refractivity contribution is 0.255. The molecule has 0 radical (unpaired) electrons. The Kier molecular flexibility index (Phi) is 7.17. The van der Waals surface area contributed by atoms with Crippen LogP contribution in [0, 0.1) is 5.92 Å².